The molecule has 0 bridgehead atoms. The molecule has 0 aliphatic carbocycles. The van der Waals surface area contributed by atoms with E-state index in [4.69, 9.17) is 25.1 Å². The summed E-state index contributed by atoms with van der Waals surface area (Å²) < 4.78 is 10.5. The predicted octanol–water partition coefficient (Wildman–Crippen LogP) is 3.66. The fourth-order valence-corrected chi connectivity index (χ4v) is 3.23. The molecule has 10 heteroatoms. The first-order valence-corrected chi connectivity index (χ1v) is 9.97. The molecule has 0 aliphatic heterocycles. The molecule has 4 N–H and O–H groups in total. The summed E-state index contributed by atoms with van der Waals surface area (Å²) in [6, 6.07) is 13.8. The first-order chi connectivity index (χ1) is 16.6. The molecule has 1 heterocycles. The van der Waals surface area contributed by atoms with Crippen LogP contribution in [0.1, 0.15) is 36.6 Å². The normalized spacial score (nSPS) is 10.6. The molecule has 35 heavy (non-hydrogen) atoms. The maximum Gasteiger partial charge on any atom is 0.347 e. The van der Waals surface area contributed by atoms with E-state index in [1.807, 2.05) is 0 Å². The van der Waals surface area contributed by atoms with Crippen molar-refractivity contribution in [1.29, 1.82) is 0 Å². The predicted molar refractivity (Wildman–Crippen MR) is 125 cm³/mol. The van der Waals surface area contributed by atoms with Crippen LogP contribution in [-0.2, 0) is 4.74 Å². The number of fused-ring (bicyclic) bond motifs is 1. The number of ether oxygens (including phenoxy) is 1. The SMILES string of the molecule is C=C(OC(=O)c1ccc(C(=O)O)cc1N)c1ccc(-c2nc3cc(C(=O)O)ccc3c(=O)o2)cc1. The Labute approximate surface area is 196 Å². The fourth-order valence-electron chi connectivity index (χ4n) is 3.23. The Morgan fingerprint density at radius 1 is 0.886 bits per heavy atom. The van der Waals surface area contributed by atoms with E-state index in [0.717, 1.165) is 6.07 Å². The number of nitrogens with two attached hydrogens (primary N) is 1. The van der Waals surface area contributed by atoms with Crippen LogP contribution >= 0.6 is 0 Å². The summed E-state index contributed by atoms with van der Waals surface area (Å²) in [5.41, 5.74) is 5.96. The molecule has 0 atom stereocenters. The Morgan fingerprint density at radius 2 is 1.49 bits per heavy atom. The highest BCUT2D eigenvalue weighted by molar-refractivity contribution is 6.00. The average Bonchev–Trinajstić information content (AvgIpc) is 2.83. The maximum absolute atomic E-state index is 12.4. The van der Waals surface area contributed by atoms with Gasteiger partial charge in [0.05, 0.1) is 27.6 Å². The maximum atomic E-state index is 12.4. The molecule has 1 aromatic heterocycles. The number of nitrogens with zero attached hydrogens (tertiary/aromatic N) is 1. The Bertz CT molecular complexity index is 1590. The molecule has 0 spiro atoms. The summed E-state index contributed by atoms with van der Waals surface area (Å²) in [5.74, 6) is -3.17. The number of carbonyl (C=O) groups excluding carboxylic acids is 1. The van der Waals surface area contributed by atoms with Crippen LogP contribution in [0.3, 0.4) is 0 Å². The van der Waals surface area contributed by atoms with Crippen molar-refractivity contribution < 1.29 is 33.8 Å². The molecule has 0 amide bonds. The van der Waals surface area contributed by atoms with Crippen molar-refractivity contribution in [3.8, 4) is 11.5 Å². The van der Waals surface area contributed by atoms with Gasteiger partial charge < -0.3 is 25.1 Å². The number of nitrogen functional groups attached to an aromatic ring is 1. The summed E-state index contributed by atoms with van der Waals surface area (Å²) in [6.45, 7) is 3.73. The molecule has 0 saturated carbocycles. The highest BCUT2D eigenvalue weighted by Crippen LogP contribution is 2.24. The second-order valence-corrected chi connectivity index (χ2v) is 7.34. The standard InChI is InChI=1S/C25H16N2O8/c1-12(34-24(32)17-8-6-15(22(28)29)10-19(17)26)13-2-4-14(5-3-13)21-27-20-11-16(23(30)31)7-9-18(20)25(33)35-21/h2-11H,1,26H2,(H,28,29)(H,30,31). The van der Waals surface area contributed by atoms with Gasteiger partial charge in [-0.25, -0.2) is 24.2 Å². The summed E-state index contributed by atoms with van der Waals surface area (Å²) in [4.78, 5) is 51.2. The number of carbonyl (C=O) groups is 3. The third-order valence-electron chi connectivity index (χ3n) is 5.06. The number of carboxylic acids is 2. The third kappa shape index (κ3) is 4.62. The average molecular weight is 472 g/mol. The summed E-state index contributed by atoms with van der Waals surface area (Å²) in [7, 11) is 0. The van der Waals surface area contributed by atoms with Crippen LogP contribution in [0.15, 0.2) is 76.5 Å². The van der Waals surface area contributed by atoms with E-state index < -0.39 is 23.5 Å². The fraction of sp³-hybridized carbons (Fsp3) is 0. The lowest BCUT2D eigenvalue weighted by atomic mass is 10.1. The van der Waals surface area contributed by atoms with E-state index >= 15 is 0 Å². The molecule has 0 aliphatic rings. The Morgan fingerprint density at radius 3 is 2.11 bits per heavy atom. The van der Waals surface area contributed by atoms with Gasteiger partial charge in [-0.1, -0.05) is 18.7 Å². The minimum absolute atomic E-state index is 0.00212. The zero-order valence-electron chi connectivity index (χ0n) is 17.8. The van der Waals surface area contributed by atoms with Crippen molar-refractivity contribution in [2.75, 3.05) is 5.73 Å². The largest absolute Gasteiger partial charge is 0.478 e. The quantitative estimate of drug-likeness (QED) is 0.214. The van der Waals surface area contributed by atoms with Gasteiger partial charge in [0.15, 0.2) is 0 Å². The van der Waals surface area contributed by atoms with Gasteiger partial charge in [-0.3, -0.25) is 0 Å². The lowest BCUT2D eigenvalue weighted by molar-refractivity contribution is 0.0680. The molecule has 4 rings (SSSR count). The second kappa shape index (κ2) is 8.94. The van der Waals surface area contributed by atoms with Crippen LogP contribution in [0.25, 0.3) is 28.1 Å². The van der Waals surface area contributed by atoms with Crippen LogP contribution in [0.4, 0.5) is 5.69 Å². The molecule has 3 aromatic carbocycles. The molecule has 0 unspecified atom stereocenters. The van der Waals surface area contributed by atoms with Gasteiger partial charge in [-0.2, -0.15) is 0 Å². The topological polar surface area (TPSA) is 170 Å². The van der Waals surface area contributed by atoms with E-state index in [0.29, 0.717) is 11.1 Å². The van der Waals surface area contributed by atoms with E-state index in [1.54, 1.807) is 24.3 Å². The zero-order chi connectivity index (χ0) is 25.3. The van der Waals surface area contributed by atoms with Gasteiger partial charge in [0.1, 0.15) is 5.76 Å². The number of hydrogen-bond acceptors (Lipinski definition) is 8. The first kappa shape index (κ1) is 22.9. The number of benzene rings is 3. The van der Waals surface area contributed by atoms with Gasteiger partial charge in [-0.05, 0) is 48.5 Å². The monoisotopic (exact) mass is 472 g/mol. The smallest absolute Gasteiger partial charge is 0.347 e. The van der Waals surface area contributed by atoms with Gasteiger partial charge in [0, 0.05) is 16.8 Å². The Balaban J connectivity index is 1.56. The molecule has 0 radical (unpaired) electrons. The molecule has 0 saturated heterocycles. The first-order valence-electron chi connectivity index (χ1n) is 9.97. The minimum Gasteiger partial charge on any atom is -0.478 e. The number of hydrogen-bond donors (Lipinski definition) is 3. The second-order valence-electron chi connectivity index (χ2n) is 7.34. The van der Waals surface area contributed by atoms with Crippen molar-refractivity contribution in [2.45, 2.75) is 0 Å². The lowest BCUT2D eigenvalue weighted by Gasteiger charge is -2.10. The number of aromatic carboxylic acids is 2. The van der Waals surface area contributed by atoms with Crippen LogP contribution in [0.2, 0.25) is 0 Å². The van der Waals surface area contributed by atoms with Gasteiger partial charge >= 0.3 is 23.5 Å². The number of rotatable bonds is 6. The van der Waals surface area contributed by atoms with Gasteiger partial charge in [0.25, 0.3) is 0 Å². The van der Waals surface area contributed by atoms with Crippen LogP contribution in [0.5, 0.6) is 0 Å². The number of carboxylic acid groups (broad SMARTS) is 2. The van der Waals surface area contributed by atoms with Crippen molar-refractivity contribution in [3.05, 3.63) is 99.9 Å². The minimum atomic E-state index is -1.18. The number of anilines is 1. The van der Waals surface area contributed by atoms with Crippen LogP contribution < -0.4 is 11.4 Å². The third-order valence-corrected chi connectivity index (χ3v) is 5.06. The van der Waals surface area contributed by atoms with E-state index in [2.05, 4.69) is 11.6 Å². The highest BCUT2D eigenvalue weighted by atomic mass is 16.5. The van der Waals surface area contributed by atoms with Crippen molar-refractivity contribution >= 4 is 40.3 Å². The van der Waals surface area contributed by atoms with E-state index in [1.165, 1.54) is 30.3 Å². The summed E-state index contributed by atoms with van der Waals surface area (Å²) >= 11 is 0. The Hall–Kier alpha value is -5.25. The van der Waals surface area contributed by atoms with Crippen molar-refractivity contribution in [1.82, 2.24) is 4.98 Å². The van der Waals surface area contributed by atoms with E-state index in [-0.39, 0.29) is 44.9 Å². The Kier molecular flexibility index (Phi) is 5.86. The van der Waals surface area contributed by atoms with Gasteiger partial charge in [0.2, 0.25) is 5.89 Å². The molecule has 4 aromatic rings. The van der Waals surface area contributed by atoms with Crippen LogP contribution in [0, 0.1) is 0 Å². The lowest BCUT2D eigenvalue weighted by Crippen LogP contribution is -2.09. The zero-order valence-corrected chi connectivity index (χ0v) is 17.8. The van der Waals surface area contributed by atoms with Crippen molar-refractivity contribution in [2.24, 2.45) is 0 Å². The molecule has 174 valence electrons. The van der Waals surface area contributed by atoms with Gasteiger partial charge in [-0.15, -0.1) is 0 Å². The molecule has 10 nitrogen and oxygen atoms in total. The summed E-state index contributed by atoms with van der Waals surface area (Å²) in [5, 5.41) is 18.3. The molecular formula is C25H16N2O8. The molecule has 0 fully saturated rings. The summed E-state index contributed by atoms with van der Waals surface area (Å²) in [6.07, 6.45) is 0. The number of esters is 1. The highest BCUT2D eigenvalue weighted by Gasteiger charge is 2.17. The van der Waals surface area contributed by atoms with E-state index in [9.17, 15) is 19.2 Å². The van der Waals surface area contributed by atoms with Crippen molar-refractivity contribution in [3.63, 3.8) is 0 Å². The number of aromatic nitrogens is 1. The van der Waals surface area contributed by atoms with Crippen LogP contribution in [-0.4, -0.2) is 33.1 Å². The molecular weight excluding hydrogens is 456 g/mol.